The molecular formula is C29H42O7. The predicted octanol–water partition coefficient (Wildman–Crippen LogP) is 3.20. The summed E-state index contributed by atoms with van der Waals surface area (Å²) >= 11 is 0. The summed E-state index contributed by atoms with van der Waals surface area (Å²) in [6.07, 6.45) is 4.59. The molecule has 0 aromatic carbocycles. The first-order valence-corrected chi connectivity index (χ1v) is 14.0. The van der Waals surface area contributed by atoms with E-state index in [1.807, 2.05) is 6.92 Å². The Morgan fingerprint density at radius 3 is 2.56 bits per heavy atom. The zero-order valence-corrected chi connectivity index (χ0v) is 22.3. The first-order chi connectivity index (χ1) is 17.0. The number of Topliss-reactive ketones (excluding diaryl/α,β-unsaturated/α-hetero) is 1. The summed E-state index contributed by atoms with van der Waals surface area (Å²) in [4.78, 5) is 26.2. The summed E-state index contributed by atoms with van der Waals surface area (Å²) in [5, 5.41) is 20.8. The molecule has 4 saturated carbocycles. The molecule has 200 valence electrons. The first-order valence-electron chi connectivity index (χ1n) is 14.0. The van der Waals surface area contributed by atoms with Crippen molar-refractivity contribution in [1.82, 2.24) is 0 Å². The van der Waals surface area contributed by atoms with Crippen molar-refractivity contribution in [2.75, 3.05) is 13.7 Å². The molecule has 1 saturated heterocycles. The zero-order chi connectivity index (χ0) is 25.8. The minimum Gasteiger partial charge on any atom is -0.458 e. The van der Waals surface area contributed by atoms with Crippen molar-refractivity contribution in [2.24, 2.45) is 40.4 Å². The number of epoxide rings is 1. The van der Waals surface area contributed by atoms with Gasteiger partial charge in [-0.05, 0) is 81.0 Å². The van der Waals surface area contributed by atoms with E-state index in [2.05, 4.69) is 20.8 Å². The van der Waals surface area contributed by atoms with E-state index in [1.54, 1.807) is 7.11 Å². The fourth-order valence-electron chi connectivity index (χ4n) is 10.2. The molecule has 0 aromatic rings. The molecular weight excluding hydrogens is 460 g/mol. The highest BCUT2D eigenvalue weighted by atomic mass is 16.6. The van der Waals surface area contributed by atoms with Gasteiger partial charge in [-0.1, -0.05) is 19.4 Å². The number of aliphatic hydroxyl groups excluding tert-OH is 2. The van der Waals surface area contributed by atoms with Gasteiger partial charge < -0.3 is 24.4 Å². The summed E-state index contributed by atoms with van der Waals surface area (Å²) < 4.78 is 17.7. The van der Waals surface area contributed by atoms with Crippen LogP contribution in [0.5, 0.6) is 0 Å². The van der Waals surface area contributed by atoms with Gasteiger partial charge in [-0.15, -0.1) is 0 Å². The molecule has 0 unspecified atom stereocenters. The van der Waals surface area contributed by atoms with Crippen molar-refractivity contribution >= 4 is 11.8 Å². The molecule has 12 atom stereocenters. The maximum atomic E-state index is 13.7. The number of fused-ring (bicyclic) bond motifs is 4. The number of aliphatic hydroxyl groups is 2. The highest BCUT2D eigenvalue weighted by Gasteiger charge is 2.82. The monoisotopic (exact) mass is 502 g/mol. The maximum Gasteiger partial charge on any atom is 0.336 e. The van der Waals surface area contributed by atoms with Gasteiger partial charge in [0, 0.05) is 20.0 Å². The molecule has 0 aromatic heterocycles. The lowest BCUT2D eigenvalue weighted by Gasteiger charge is -2.59. The minimum absolute atomic E-state index is 0.0801. The molecule has 6 aliphatic rings. The quantitative estimate of drug-likeness (QED) is 0.449. The van der Waals surface area contributed by atoms with Crippen molar-refractivity contribution in [1.29, 1.82) is 0 Å². The molecule has 0 radical (unpaired) electrons. The number of ketones is 1. The second kappa shape index (κ2) is 8.11. The van der Waals surface area contributed by atoms with Crippen LogP contribution in [0, 0.1) is 40.4 Å². The van der Waals surface area contributed by atoms with Gasteiger partial charge in [0.2, 0.25) is 0 Å². The fraction of sp³-hybridized carbons (Fsp3) is 0.862. The lowest BCUT2D eigenvalue weighted by molar-refractivity contribution is -0.183. The highest BCUT2D eigenvalue weighted by Crippen LogP contribution is 2.73. The number of cyclic esters (lactones) is 1. The predicted molar refractivity (Wildman–Crippen MR) is 131 cm³/mol. The molecule has 5 fully saturated rings. The Kier molecular flexibility index (Phi) is 5.64. The van der Waals surface area contributed by atoms with E-state index in [9.17, 15) is 19.8 Å². The molecule has 0 bridgehead atoms. The molecule has 6 rings (SSSR count). The van der Waals surface area contributed by atoms with Crippen molar-refractivity contribution < 1.29 is 34.0 Å². The third kappa shape index (κ3) is 2.95. The summed E-state index contributed by atoms with van der Waals surface area (Å²) in [5.74, 6) is 1.61. The van der Waals surface area contributed by atoms with Gasteiger partial charge in [-0.3, -0.25) is 4.79 Å². The van der Waals surface area contributed by atoms with E-state index in [0.717, 1.165) is 37.7 Å². The Morgan fingerprint density at radius 2 is 1.89 bits per heavy atom. The van der Waals surface area contributed by atoms with Gasteiger partial charge in [-0.2, -0.15) is 0 Å². The van der Waals surface area contributed by atoms with Gasteiger partial charge >= 0.3 is 5.97 Å². The van der Waals surface area contributed by atoms with Crippen LogP contribution in [0.3, 0.4) is 0 Å². The molecule has 2 heterocycles. The Labute approximate surface area is 213 Å². The highest BCUT2D eigenvalue weighted by molar-refractivity contribution is 5.90. The van der Waals surface area contributed by atoms with Gasteiger partial charge in [0.15, 0.2) is 0 Å². The Balaban J connectivity index is 1.26. The van der Waals surface area contributed by atoms with Gasteiger partial charge in [0.1, 0.15) is 23.6 Å². The number of esters is 1. The molecule has 2 aliphatic heterocycles. The van der Waals surface area contributed by atoms with E-state index in [-0.39, 0.29) is 54.2 Å². The standard InChI is InChI=1S/C29H42O7/c1-14-10-21(35-26(33)17(14)13-30)15(2)18-6-7-19-16-11-24-29(36-24)25(32)22(34-5)12-23(31)28(29,4)20(16)8-9-27(18,19)3/h15-16,18-22,24-25,30,32H,6-13H2,1-5H3/t15-,16-,18-,19-,20-,21+,22-,24+,25-,27+,28-,29-/m0/s1. The number of hydrogen-bond donors (Lipinski definition) is 2. The first kappa shape index (κ1) is 25.0. The molecule has 36 heavy (non-hydrogen) atoms. The SMILES string of the molecule is CO[C@H]1CC(=O)[C@]2(C)[C@H]3CC[C@]4(C)[C@H]([C@H](C)[C@H]5CC(C)=C(CO)C(=O)O5)CC[C@H]4[C@@H]3C[C@H]3O[C@]32[C@H]1O. The van der Waals surface area contributed by atoms with Crippen LogP contribution in [-0.4, -0.2) is 65.7 Å². The number of ether oxygens (including phenoxy) is 3. The number of methoxy groups -OCH3 is 1. The third-order valence-electron chi connectivity index (χ3n) is 12.3. The van der Waals surface area contributed by atoms with Crippen LogP contribution in [0.4, 0.5) is 0 Å². The van der Waals surface area contributed by atoms with E-state index >= 15 is 0 Å². The third-order valence-corrected chi connectivity index (χ3v) is 12.3. The van der Waals surface area contributed by atoms with Crippen molar-refractivity contribution in [3.05, 3.63) is 11.1 Å². The average Bonchev–Trinajstić information content (AvgIpc) is 3.47. The van der Waals surface area contributed by atoms with Gasteiger partial charge in [-0.25, -0.2) is 4.79 Å². The Morgan fingerprint density at radius 1 is 1.14 bits per heavy atom. The van der Waals surface area contributed by atoms with Gasteiger partial charge in [0.05, 0.1) is 29.8 Å². The zero-order valence-electron chi connectivity index (χ0n) is 22.3. The molecule has 7 nitrogen and oxygen atoms in total. The van der Waals surface area contributed by atoms with E-state index < -0.39 is 23.2 Å². The summed E-state index contributed by atoms with van der Waals surface area (Å²) in [6.45, 7) is 8.42. The topological polar surface area (TPSA) is 106 Å². The van der Waals surface area contributed by atoms with E-state index in [1.165, 1.54) is 0 Å². The van der Waals surface area contributed by atoms with Crippen LogP contribution in [0.15, 0.2) is 11.1 Å². The number of hydrogen-bond acceptors (Lipinski definition) is 7. The molecule has 2 N–H and O–H groups in total. The second-order valence-electron chi connectivity index (χ2n) is 13.2. The van der Waals surface area contributed by atoms with Crippen molar-refractivity contribution in [3.63, 3.8) is 0 Å². The van der Waals surface area contributed by atoms with Crippen LogP contribution in [0.2, 0.25) is 0 Å². The molecule has 7 heteroatoms. The number of carbonyl (C=O) groups excluding carboxylic acids is 2. The van der Waals surface area contributed by atoms with E-state index in [4.69, 9.17) is 14.2 Å². The van der Waals surface area contributed by atoms with Crippen molar-refractivity contribution in [2.45, 2.75) is 103 Å². The van der Waals surface area contributed by atoms with Gasteiger partial charge in [0.25, 0.3) is 0 Å². The lowest BCUT2D eigenvalue weighted by Crippen LogP contribution is -2.68. The Bertz CT molecular complexity index is 1010. The second-order valence-corrected chi connectivity index (χ2v) is 13.2. The Hall–Kier alpha value is -1.28. The number of rotatable bonds is 4. The fourth-order valence-corrected chi connectivity index (χ4v) is 10.2. The summed E-state index contributed by atoms with van der Waals surface area (Å²) in [6, 6.07) is 0. The van der Waals surface area contributed by atoms with Crippen molar-refractivity contribution in [3.8, 4) is 0 Å². The molecule has 1 spiro atoms. The van der Waals surface area contributed by atoms with E-state index in [0.29, 0.717) is 29.7 Å². The summed E-state index contributed by atoms with van der Waals surface area (Å²) in [7, 11) is 1.57. The minimum atomic E-state index is -0.784. The van der Waals surface area contributed by atoms with Crippen LogP contribution < -0.4 is 0 Å². The smallest absolute Gasteiger partial charge is 0.336 e. The molecule has 0 amide bonds. The van der Waals surface area contributed by atoms with Crippen LogP contribution >= 0.6 is 0 Å². The van der Waals surface area contributed by atoms with Crippen LogP contribution in [0.25, 0.3) is 0 Å². The summed E-state index contributed by atoms with van der Waals surface area (Å²) in [5.41, 5.74) is 0.0291. The van der Waals surface area contributed by atoms with Crippen LogP contribution in [-0.2, 0) is 23.8 Å². The normalized spacial score (nSPS) is 52.6. The largest absolute Gasteiger partial charge is 0.458 e. The maximum absolute atomic E-state index is 13.7. The lowest BCUT2D eigenvalue weighted by atomic mass is 9.43. The van der Waals surface area contributed by atoms with Crippen LogP contribution in [0.1, 0.15) is 72.6 Å². The average molecular weight is 503 g/mol. The number of carbonyl (C=O) groups is 2. The molecule has 4 aliphatic carbocycles.